The molecule has 1 amide bonds. The average molecular weight is 294 g/mol. The van der Waals surface area contributed by atoms with Gasteiger partial charge in [0, 0.05) is 13.1 Å². The largest absolute Gasteiger partial charge is 0.497 e. The molecule has 116 valence electrons. The van der Waals surface area contributed by atoms with Gasteiger partial charge in [0.1, 0.15) is 17.5 Å². The minimum Gasteiger partial charge on any atom is -0.497 e. The Morgan fingerprint density at radius 1 is 1.38 bits per heavy atom. The van der Waals surface area contributed by atoms with Gasteiger partial charge in [0.25, 0.3) is 0 Å². The number of carbonyl (C=O) groups is 1. The number of hydrogen-bond acceptors (Lipinski definition) is 5. The van der Waals surface area contributed by atoms with Crippen molar-refractivity contribution in [1.29, 1.82) is 0 Å². The molecule has 21 heavy (non-hydrogen) atoms. The molecule has 0 bridgehead atoms. The molecule has 0 aliphatic carbocycles. The summed E-state index contributed by atoms with van der Waals surface area (Å²) >= 11 is 0. The maximum Gasteiger partial charge on any atom is 0.239 e. The van der Waals surface area contributed by atoms with Crippen LogP contribution in [0.25, 0.3) is 0 Å². The van der Waals surface area contributed by atoms with Crippen LogP contribution in [0.15, 0.2) is 24.3 Å². The third kappa shape index (κ3) is 5.24. The van der Waals surface area contributed by atoms with Gasteiger partial charge in [-0.15, -0.1) is 0 Å². The second kappa shape index (κ2) is 8.49. The number of carbonyl (C=O) groups excluding carboxylic acids is 1. The number of nitrogens with one attached hydrogen (secondary N) is 2. The molecule has 1 aliphatic heterocycles. The summed E-state index contributed by atoms with van der Waals surface area (Å²) in [6.45, 7) is 2.97. The summed E-state index contributed by atoms with van der Waals surface area (Å²) in [7, 11) is 1.63. The number of hydrogen-bond donors (Lipinski definition) is 2. The lowest BCUT2D eigenvalue weighted by atomic mass is 10.2. The highest BCUT2D eigenvalue weighted by atomic mass is 16.5. The Bertz CT molecular complexity index is 430. The predicted molar refractivity (Wildman–Crippen MR) is 78.7 cm³/mol. The Kier molecular flexibility index (Phi) is 6.30. The van der Waals surface area contributed by atoms with Crippen LogP contribution in [0.3, 0.4) is 0 Å². The van der Waals surface area contributed by atoms with E-state index in [9.17, 15) is 4.79 Å². The molecule has 0 saturated carbocycles. The van der Waals surface area contributed by atoms with Gasteiger partial charge < -0.3 is 24.8 Å². The van der Waals surface area contributed by atoms with E-state index >= 15 is 0 Å². The quantitative estimate of drug-likeness (QED) is 0.720. The second-order valence-electron chi connectivity index (χ2n) is 4.75. The molecule has 1 aromatic carbocycles. The highest BCUT2D eigenvalue weighted by Crippen LogP contribution is 2.16. The molecular weight excluding hydrogens is 272 g/mol. The van der Waals surface area contributed by atoms with Crippen molar-refractivity contribution in [3.63, 3.8) is 0 Å². The summed E-state index contributed by atoms with van der Waals surface area (Å²) in [5.74, 6) is 1.58. The van der Waals surface area contributed by atoms with Crippen LogP contribution >= 0.6 is 0 Å². The van der Waals surface area contributed by atoms with E-state index in [0.29, 0.717) is 26.4 Å². The van der Waals surface area contributed by atoms with E-state index in [1.54, 1.807) is 7.11 Å². The van der Waals surface area contributed by atoms with Crippen molar-refractivity contribution in [2.24, 2.45) is 0 Å². The van der Waals surface area contributed by atoms with Gasteiger partial charge in [0.2, 0.25) is 5.91 Å². The first-order valence-electron chi connectivity index (χ1n) is 7.15. The lowest BCUT2D eigenvalue weighted by Gasteiger charge is -2.22. The molecule has 0 radical (unpaired) electrons. The summed E-state index contributed by atoms with van der Waals surface area (Å²) in [6.07, 6.45) is 0.755. The highest BCUT2D eigenvalue weighted by molar-refractivity contribution is 5.81. The van der Waals surface area contributed by atoms with Gasteiger partial charge >= 0.3 is 0 Å². The number of morpholine rings is 1. The van der Waals surface area contributed by atoms with E-state index in [1.807, 2.05) is 24.3 Å². The normalized spacial score (nSPS) is 18.0. The molecule has 1 fully saturated rings. The minimum absolute atomic E-state index is 0.0147. The molecule has 2 N–H and O–H groups in total. The number of amides is 1. The smallest absolute Gasteiger partial charge is 0.239 e. The first-order valence-corrected chi connectivity index (χ1v) is 7.15. The molecule has 0 aromatic heterocycles. The van der Waals surface area contributed by atoms with Crippen molar-refractivity contribution in [3.05, 3.63) is 24.3 Å². The van der Waals surface area contributed by atoms with Gasteiger partial charge in [0.05, 0.1) is 26.9 Å². The lowest BCUT2D eigenvalue weighted by Crippen LogP contribution is -2.51. The molecule has 1 aromatic rings. The van der Waals surface area contributed by atoms with Gasteiger partial charge in [-0.25, -0.2) is 0 Å². The van der Waals surface area contributed by atoms with Crippen molar-refractivity contribution >= 4 is 5.91 Å². The highest BCUT2D eigenvalue weighted by Gasteiger charge is 2.20. The molecule has 1 atom stereocenters. The van der Waals surface area contributed by atoms with Crippen LogP contribution in [-0.4, -0.2) is 52.0 Å². The maximum atomic E-state index is 11.8. The van der Waals surface area contributed by atoms with Crippen LogP contribution in [0.1, 0.15) is 6.42 Å². The van der Waals surface area contributed by atoms with Crippen molar-refractivity contribution in [3.8, 4) is 11.5 Å². The first kappa shape index (κ1) is 15.6. The third-order valence-corrected chi connectivity index (χ3v) is 3.19. The van der Waals surface area contributed by atoms with E-state index in [2.05, 4.69) is 10.6 Å². The van der Waals surface area contributed by atoms with Gasteiger partial charge in [-0.3, -0.25) is 4.79 Å². The molecule has 1 heterocycles. The van der Waals surface area contributed by atoms with Crippen LogP contribution in [0.4, 0.5) is 0 Å². The fourth-order valence-corrected chi connectivity index (χ4v) is 2.00. The van der Waals surface area contributed by atoms with Crippen molar-refractivity contribution < 1.29 is 19.0 Å². The fourth-order valence-electron chi connectivity index (χ4n) is 2.00. The van der Waals surface area contributed by atoms with Crippen molar-refractivity contribution in [2.45, 2.75) is 12.5 Å². The summed E-state index contributed by atoms with van der Waals surface area (Å²) in [4.78, 5) is 11.8. The van der Waals surface area contributed by atoms with Crippen LogP contribution in [-0.2, 0) is 9.53 Å². The van der Waals surface area contributed by atoms with Crippen LogP contribution in [0.2, 0.25) is 0 Å². The molecule has 1 unspecified atom stereocenters. The van der Waals surface area contributed by atoms with Crippen molar-refractivity contribution in [2.75, 3.05) is 40.0 Å². The Morgan fingerprint density at radius 2 is 2.14 bits per heavy atom. The van der Waals surface area contributed by atoms with E-state index in [4.69, 9.17) is 14.2 Å². The minimum atomic E-state index is -0.235. The molecule has 6 heteroatoms. The monoisotopic (exact) mass is 294 g/mol. The van der Waals surface area contributed by atoms with Gasteiger partial charge in [-0.2, -0.15) is 0 Å². The van der Waals surface area contributed by atoms with Gasteiger partial charge in [0.15, 0.2) is 0 Å². The zero-order valence-corrected chi connectivity index (χ0v) is 12.3. The maximum absolute atomic E-state index is 11.8. The molecule has 0 spiro atoms. The molecule has 1 aliphatic rings. The van der Waals surface area contributed by atoms with Crippen molar-refractivity contribution in [1.82, 2.24) is 10.6 Å². The second-order valence-corrected chi connectivity index (χ2v) is 4.75. The Balaban J connectivity index is 1.57. The number of ether oxygens (including phenoxy) is 3. The molecular formula is C15H22N2O4. The van der Waals surface area contributed by atoms with Gasteiger partial charge in [-0.1, -0.05) is 0 Å². The number of benzene rings is 1. The number of rotatable bonds is 7. The van der Waals surface area contributed by atoms with Gasteiger partial charge in [-0.05, 0) is 30.7 Å². The predicted octanol–water partition coefficient (Wildman–Crippen LogP) is 0.569. The topological polar surface area (TPSA) is 68.8 Å². The Morgan fingerprint density at radius 3 is 2.81 bits per heavy atom. The average Bonchev–Trinajstić information content (AvgIpc) is 2.55. The van der Waals surface area contributed by atoms with E-state index < -0.39 is 0 Å². The van der Waals surface area contributed by atoms with E-state index in [-0.39, 0.29) is 11.9 Å². The lowest BCUT2D eigenvalue weighted by molar-refractivity contribution is -0.125. The van der Waals surface area contributed by atoms with Crippen LogP contribution in [0, 0.1) is 0 Å². The Hall–Kier alpha value is -1.79. The zero-order valence-electron chi connectivity index (χ0n) is 12.3. The Labute approximate surface area is 124 Å². The molecule has 6 nitrogen and oxygen atoms in total. The third-order valence-electron chi connectivity index (χ3n) is 3.19. The summed E-state index contributed by atoms with van der Waals surface area (Å²) in [5.41, 5.74) is 0. The first-order chi connectivity index (χ1) is 10.3. The summed E-state index contributed by atoms with van der Waals surface area (Å²) in [6, 6.07) is 7.19. The standard InChI is InChI=1S/C15H22N2O4/c1-19-12-3-5-13(6-4-12)21-9-2-7-17-15(18)14-11-20-10-8-16-14/h3-6,14,16H,2,7-11H2,1H3,(H,17,18). The summed E-state index contributed by atoms with van der Waals surface area (Å²) < 4.78 is 15.9. The molecule has 1 saturated heterocycles. The summed E-state index contributed by atoms with van der Waals surface area (Å²) in [5, 5.41) is 5.99. The molecule has 2 rings (SSSR count). The van der Waals surface area contributed by atoms with E-state index in [0.717, 1.165) is 24.5 Å². The van der Waals surface area contributed by atoms with Crippen LogP contribution in [0.5, 0.6) is 11.5 Å². The zero-order chi connectivity index (χ0) is 14.9. The number of methoxy groups -OCH3 is 1. The SMILES string of the molecule is COc1ccc(OCCCNC(=O)C2COCCN2)cc1. The fraction of sp³-hybridized carbons (Fsp3) is 0.533. The van der Waals surface area contributed by atoms with Crippen LogP contribution < -0.4 is 20.1 Å². The van der Waals surface area contributed by atoms with E-state index in [1.165, 1.54) is 0 Å².